The Morgan fingerprint density at radius 2 is 1.56 bits per heavy atom. The monoisotopic (exact) mass is 246 g/mol. The van der Waals surface area contributed by atoms with Gasteiger partial charge >= 0.3 is 11.8 Å². The molecular weight excluding hydrogens is 232 g/mol. The summed E-state index contributed by atoms with van der Waals surface area (Å²) in [5.41, 5.74) is 5.13. The van der Waals surface area contributed by atoms with Crippen LogP contribution in [0.5, 0.6) is 0 Å². The molecule has 0 aromatic rings. The standard InChI is InChI=1S/C8H14N4O3S/c1-12(2)6(13)4-11-8(15)7(14)10-3-5(9)16/h3-4H2,1-2H3,(H2,9,16)(H,10,14)(H,11,15). The molecule has 4 N–H and O–H groups in total. The molecule has 0 aromatic carbocycles. The van der Waals surface area contributed by atoms with E-state index in [0.29, 0.717) is 0 Å². The van der Waals surface area contributed by atoms with E-state index >= 15 is 0 Å². The van der Waals surface area contributed by atoms with Crippen molar-refractivity contribution in [2.24, 2.45) is 5.73 Å². The van der Waals surface area contributed by atoms with Gasteiger partial charge in [-0.25, -0.2) is 0 Å². The second-order valence-electron chi connectivity index (χ2n) is 3.12. The third-order valence-electron chi connectivity index (χ3n) is 1.53. The molecule has 0 atom stereocenters. The van der Waals surface area contributed by atoms with Crippen LogP contribution in [0, 0.1) is 0 Å². The second kappa shape index (κ2) is 6.72. The van der Waals surface area contributed by atoms with Crippen LogP contribution in [-0.2, 0) is 14.4 Å². The number of likely N-dealkylation sites (N-methyl/N-ethyl adjacent to an activating group) is 1. The zero-order valence-corrected chi connectivity index (χ0v) is 9.89. The Labute approximate surface area is 98.3 Å². The minimum absolute atomic E-state index is 0.0524. The summed E-state index contributed by atoms with van der Waals surface area (Å²) in [6.45, 7) is -0.282. The molecule has 0 unspecified atom stereocenters. The Morgan fingerprint density at radius 1 is 1.12 bits per heavy atom. The maximum absolute atomic E-state index is 11.1. The van der Waals surface area contributed by atoms with E-state index in [0.717, 1.165) is 0 Å². The van der Waals surface area contributed by atoms with Crippen molar-refractivity contribution in [1.82, 2.24) is 15.5 Å². The van der Waals surface area contributed by atoms with Crippen LogP contribution in [0.3, 0.4) is 0 Å². The van der Waals surface area contributed by atoms with Crippen LogP contribution >= 0.6 is 12.2 Å². The van der Waals surface area contributed by atoms with Gasteiger partial charge in [-0.2, -0.15) is 0 Å². The highest BCUT2D eigenvalue weighted by Crippen LogP contribution is 1.76. The van der Waals surface area contributed by atoms with Crippen LogP contribution in [0.4, 0.5) is 0 Å². The third kappa shape index (κ3) is 5.91. The lowest BCUT2D eigenvalue weighted by atomic mass is 10.4. The van der Waals surface area contributed by atoms with Crippen molar-refractivity contribution < 1.29 is 14.4 Å². The van der Waals surface area contributed by atoms with Crippen LogP contribution in [0.25, 0.3) is 0 Å². The van der Waals surface area contributed by atoms with Gasteiger partial charge < -0.3 is 21.3 Å². The van der Waals surface area contributed by atoms with Crippen molar-refractivity contribution in [3.05, 3.63) is 0 Å². The number of carbonyl (C=O) groups excluding carboxylic acids is 3. The largest absolute Gasteiger partial charge is 0.392 e. The number of nitrogens with one attached hydrogen (secondary N) is 2. The van der Waals surface area contributed by atoms with Gasteiger partial charge in [-0.15, -0.1) is 0 Å². The number of rotatable bonds is 4. The van der Waals surface area contributed by atoms with Gasteiger partial charge in [0.05, 0.1) is 18.1 Å². The summed E-state index contributed by atoms with van der Waals surface area (Å²) in [6.07, 6.45) is 0. The molecule has 0 radical (unpaired) electrons. The Bertz CT molecular complexity index is 316. The maximum Gasteiger partial charge on any atom is 0.309 e. The maximum atomic E-state index is 11.1. The first kappa shape index (κ1) is 14.3. The fourth-order valence-electron chi connectivity index (χ4n) is 0.642. The number of amides is 3. The van der Waals surface area contributed by atoms with Crippen molar-refractivity contribution in [3.8, 4) is 0 Å². The van der Waals surface area contributed by atoms with E-state index < -0.39 is 11.8 Å². The lowest BCUT2D eigenvalue weighted by molar-refractivity contribution is -0.140. The molecule has 0 saturated heterocycles. The van der Waals surface area contributed by atoms with Gasteiger partial charge in [-0.3, -0.25) is 14.4 Å². The summed E-state index contributed by atoms with van der Waals surface area (Å²) in [4.78, 5) is 34.6. The fourth-order valence-corrected chi connectivity index (χ4v) is 0.714. The number of hydrogen-bond acceptors (Lipinski definition) is 4. The molecule has 3 amide bonds. The molecule has 8 heteroatoms. The van der Waals surface area contributed by atoms with Crippen molar-refractivity contribution in [2.45, 2.75) is 0 Å². The molecule has 0 aromatic heterocycles. The molecule has 16 heavy (non-hydrogen) atoms. The lowest BCUT2D eigenvalue weighted by Gasteiger charge is -2.10. The molecule has 0 rings (SSSR count). The van der Waals surface area contributed by atoms with Crippen LogP contribution in [-0.4, -0.2) is 54.8 Å². The summed E-state index contributed by atoms with van der Waals surface area (Å²) >= 11 is 4.51. The van der Waals surface area contributed by atoms with Crippen molar-refractivity contribution >= 4 is 34.9 Å². The number of carbonyl (C=O) groups is 3. The quantitative estimate of drug-likeness (QED) is 0.379. The summed E-state index contributed by atoms with van der Waals surface area (Å²) in [5.74, 6) is -2.08. The molecule has 0 heterocycles. The normalized spacial score (nSPS) is 9.12. The highest BCUT2D eigenvalue weighted by Gasteiger charge is 2.14. The Hall–Kier alpha value is -1.70. The summed E-state index contributed by atoms with van der Waals surface area (Å²) < 4.78 is 0. The van der Waals surface area contributed by atoms with Crippen molar-refractivity contribution in [1.29, 1.82) is 0 Å². The minimum Gasteiger partial charge on any atom is -0.392 e. The van der Waals surface area contributed by atoms with Gasteiger partial charge in [-0.05, 0) is 0 Å². The summed E-state index contributed by atoms with van der Waals surface area (Å²) in [6, 6.07) is 0. The predicted octanol–water partition coefficient (Wildman–Crippen LogP) is -2.41. The highest BCUT2D eigenvalue weighted by molar-refractivity contribution is 7.80. The SMILES string of the molecule is CN(C)C(=O)CNC(=O)C(=O)NCC(N)=S. The Morgan fingerprint density at radius 3 is 1.94 bits per heavy atom. The number of nitrogens with two attached hydrogens (primary N) is 1. The first-order chi connectivity index (χ1) is 7.34. The molecule has 0 bridgehead atoms. The van der Waals surface area contributed by atoms with E-state index in [1.54, 1.807) is 14.1 Å². The van der Waals surface area contributed by atoms with E-state index in [2.05, 4.69) is 22.9 Å². The van der Waals surface area contributed by atoms with Gasteiger partial charge in [-0.1, -0.05) is 12.2 Å². The average Bonchev–Trinajstić information content (AvgIpc) is 2.21. The van der Waals surface area contributed by atoms with Gasteiger partial charge in [0.1, 0.15) is 0 Å². The first-order valence-corrected chi connectivity index (χ1v) is 4.80. The smallest absolute Gasteiger partial charge is 0.309 e. The van der Waals surface area contributed by atoms with Gasteiger partial charge in [0, 0.05) is 14.1 Å². The lowest BCUT2D eigenvalue weighted by Crippen LogP contribution is -2.45. The predicted molar refractivity (Wildman–Crippen MR) is 61.5 cm³/mol. The van der Waals surface area contributed by atoms with Crippen LogP contribution in [0.15, 0.2) is 0 Å². The number of hydrogen-bond donors (Lipinski definition) is 3. The van der Waals surface area contributed by atoms with Gasteiger partial charge in [0.15, 0.2) is 0 Å². The molecule has 0 spiro atoms. The Kier molecular flexibility index (Phi) is 6.01. The van der Waals surface area contributed by atoms with E-state index in [1.807, 2.05) is 0 Å². The fraction of sp³-hybridized carbons (Fsp3) is 0.500. The van der Waals surface area contributed by atoms with E-state index in [1.165, 1.54) is 4.90 Å². The van der Waals surface area contributed by atoms with Gasteiger partial charge in [0.2, 0.25) is 5.91 Å². The van der Waals surface area contributed by atoms with E-state index in [-0.39, 0.29) is 24.0 Å². The zero-order chi connectivity index (χ0) is 12.7. The summed E-state index contributed by atoms with van der Waals surface area (Å²) in [7, 11) is 3.09. The Balaban J connectivity index is 3.93. The molecule has 90 valence electrons. The summed E-state index contributed by atoms with van der Waals surface area (Å²) in [5, 5.41) is 4.35. The first-order valence-electron chi connectivity index (χ1n) is 4.39. The number of nitrogens with zero attached hydrogens (tertiary/aromatic N) is 1. The molecule has 0 aliphatic heterocycles. The van der Waals surface area contributed by atoms with Gasteiger partial charge in [0.25, 0.3) is 0 Å². The average molecular weight is 246 g/mol. The minimum atomic E-state index is -0.897. The van der Waals surface area contributed by atoms with E-state index in [4.69, 9.17) is 5.73 Å². The molecular formula is C8H14N4O3S. The third-order valence-corrected chi connectivity index (χ3v) is 1.67. The number of thiocarbonyl (C=S) groups is 1. The second-order valence-corrected chi connectivity index (χ2v) is 3.64. The van der Waals surface area contributed by atoms with Crippen molar-refractivity contribution in [3.63, 3.8) is 0 Å². The van der Waals surface area contributed by atoms with E-state index in [9.17, 15) is 14.4 Å². The highest BCUT2D eigenvalue weighted by atomic mass is 32.1. The molecule has 0 aliphatic rings. The zero-order valence-electron chi connectivity index (χ0n) is 9.07. The van der Waals surface area contributed by atoms with Crippen LogP contribution in [0.2, 0.25) is 0 Å². The molecule has 7 nitrogen and oxygen atoms in total. The molecule has 0 fully saturated rings. The van der Waals surface area contributed by atoms with Crippen LogP contribution in [0.1, 0.15) is 0 Å². The van der Waals surface area contributed by atoms with Crippen LogP contribution < -0.4 is 16.4 Å². The van der Waals surface area contributed by atoms with Crippen molar-refractivity contribution in [2.75, 3.05) is 27.2 Å². The molecule has 0 aliphatic carbocycles. The molecule has 0 saturated carbocycles. The topological polar surface area (TPSA) is 105 Å².